The summed E-state index contributed by atoms with van der Waals surface area (Å²) >= 11 is 0. The van der Waals surface area contributed by atoms with Crippen molar-refractivity contribution in [3.8, 4) is 0 Å². The fraction of sp³-hybridized carbons (Fsp3) is 0.483. The van der Waals surface area contributed by atoms with E-state index in [0.717, 1.165) is 17.5 Å². The van der Waals surface area contributed by atoms with Crippen molar-refractivity contribution in [3.63, 3.8) is 0 Å². The van der Waals surface area contributed by atoms with E-state index in [9.17, 15) is 19.5 Å². The number of para-hydroxylation sites is 1. The maximum atomic E-state index is 14.1. The maximum absolute atomic E-state index is 14.1. The number of carbonyl (C=O) groups is 3. The highest BCUT2D eigenvalue weighted by Crippen LogP contribution is 2.40. The lowest BCUT2D eigenvalue weighted by Crippen LogP contribution is -2.53. The smallest absolute Gasteiger partial charge is 0.415 e. The van der Waals surface area contributed by atoms with E-state index in [1.54, 1.807) is 0 Å². The zero-order valence-corrected chi connectivity index (χ0v) is 20.6. The van der Waals surface area contributed by atoms with Crippen LogP contribution in [0.5, 0.6) is 0 Å². The average molecular weight is 491 g/mol. The van der Waals surface area contributed by atoms with E-state index >= 15 is 0 Å². The van der Waals surface area contributed by atoms with Gasteiger partial charge in [0.1, 0.15) is 12.1 Å². The summed E-state index contributed by atoms with van der Waals surface area (Å²) in [5.41, 5.74) is 2.47. The summed E-state index contributed by atoms with van der Waals surface area (Å²) in [5, 5.41) is 9.93. The summed E-state index contributed by atoms with van der Waals surface area (Å²) in [4.78, 5) is 42.5. The third-order valence-electron chi connectivity index (χ3n) is 8.04. The van der Waals surface area contributed by atoms with Gasteiger partial charge in [-0.05, 0) is 42.4 Å². The van der Waals surface area contributed by atoms with Gasteiger partial charge in [-0.1, -0.05) is 80.6 Å². The van der Waals surface area contributed by atoms with Gasteiger partial charge in [0.2, 0.25) is 5.91 Å². The summed E-state index contributed by atoms with van der Waals surface area (Å²) in [6.07, 6.45) is 7.70. The van der Waals surface area contributed by atoms with Crippen molar-refractivity contribution in [2.24, 2.45) is 5.92 Å². The summed E-state index contributed by atoms with van der Waals surface area (Å²) in [6.45, 7) is 0.331. The van der Waals surface area contributed by atoms with Gasteiger partial charge in [-0.15, -0.1) is 0 Å². The van der Waals surface area contributed by atoms with Crippen LogP contribution in [0.4, 0.5) is 10.5 Å². The predicted molar refractivity (Wildman–Crippen MR) is 136 cm³/mol. The normalized spacial score (nSPS) is 23.9. The van der Waals surface area contributed by atoms with Crippen molar-refractivity contribution in [3.05, 3.63) is 65.7 Å². The molecule has 2 aliphatic heterocycles. The molecular formula is C29H34N2O5. The van der Waals surface area contributed by atoms with E-state index in [1.165, 1.54) is 41.9 Å². The second-order valence-corrected chi connectivity index (χ2v) is 10.2. The summed E-state index contributed by atoms with van der Waals surface area (Å²) in [5.74, 6) is -0.768. The Kier molecular flexibility index (Phi) is 7.25. The molecule has 3 atom stereocenters. The first-order valence-corrected chi connectivity index (χ1v) is 13.2. The highest BCUT2D eigenvalue weighted by atomic mass is 16.6. The molecule has 1 saturated carbocycles. The van der Waals surface area contributed by atoms with Crippen LogP contribution in [-0.2, 0) is 20.7 Å². The Balaban J connectivity index is 1.38. The van der Waals surface area contributed by atoms with Crippen LogP contribution >= 0.6 is 0 Å². The molecule has 2 fully saturated rings. The van der Waals surface area contributed by atoms with Gasteiger partial charge in [0.15, 0.2) is 0 Å². The van der Waals surface area contributed by atoms with Crippen LogP contribution in [0.15, 0.2) is 54.6 Å². The van der Waals surface area contributed by atoms with Crippen LogP contribution in [0.3, 0.4) is 0 Å². The van der Waals surface area contributed by atoms with Crippen LogP contribution in [0.1, 0.15) is 68.5 Å². The molecule has 0 unspecified atom stereocenters. The Bertz CT molecular complexity index is 1100. The fourth-order valence-corrected chi connectivity index (χ4v) is 6.20. The monoisotopic (exact) mass is 490 g/mol. The minimum atomic E-state index is -1.01. The molecule has 1 N–H and O–H groups in total. The number of ether oxygens (including phenoxy) is 1. The minimum Gasteiger partial charge on any atom is -0.480 e. The van der Waals surface area contributed by atoms with Gasteiger partial charge in [0.25, 0.3) is 0 Å². The molecule has 0 aromatic heterocycles. The number of nitrogens with zero attached hydrogens (tertiary/aromatic N) is 2. The van der Waals surface area contributed by atoms with Crippen LogP contribution < -0.4 is 4.90 Å². The second kappa shape index (κ2) is 10.7. The van der Waals surface area contributed by atoms with Gasteiger partial charge in [-0.25, -0.2) is 9.59 Å². The number of carbonyl (C=O) groups excluding carboxylic acids is 2. The summed E-state index contributed by atoms with van der Waals surface area (Å²) < 4.78 is 5.71. The third-order valence-corrected chi connectivity index (χ3v) is 8.04. The van der Waals surface area contributed by atoms with E-state index in [-0.39, 0.29) is 11.9 Å². The number of likely N-dealkylation sites (tertiary alicyclic amines) is 1. The number of aliphatic carboxylic acids is 1. The molecule has 3 aliphatic rings. The molecule has 7 nitrogen and oxygen atoms in total. The molecule has 2 aromatic carbocycles. The summed E-state index contributed by atoms with van der Waals surface area (Å²) in [6, 6.07) is 14.9. The molecule has 0 bridgehead atoms. The highest BCUT2D eigenvalue weighted by molar-refractivity contribution is 6.01. The van der Waals surface area contributed by atoms with E-state index in [2.05, 4.69) is 0 Å². The first-order chi connectivity index (χ1) is 17.5. The molecule has 0 radical (unpaired) electrons. The van der Waals surface area contributed by atoms with Crippen molar-refractivity contribution >= 4 is 23.7 Å². The van der Waals surface area contributed by atoms with Gasteiger partial charge >= 0.3 is 12.1 Å². The van der Waals surface area contributed by atoms with Gasteiger partial charge in [-0.3, -0.25) is 9.69 Å². The molecule has 2 aromatic rings. The largest absolute Gasteiger partial charge is 0.480 e. The van der Waals surface area contributed by atoms with Crippen molar-refractivity contribution in [2.75, 3.05) is 11.5 Å². The Morgan fingerprint density at radius 3 is 2.33 bits per heavy atom. The lowest BCUT2D eigenvalue weighted by molar-refractivity contribution is -0.150. The van der Waals surface area contributed by atoms with Gasteiger partial charge < -0.3 is 14.7 Å². The molecule has 1 aliphatic carbocycles. The number of fused-ring (bicyclic) bond motifs is 1. The number of hydrogen-bond donors (Lipinski definition) is 1. The number of amides is 2. The van der Waals surface area contributed by atoms with E-state index in [4.69, 9.17) is 4.74 Å². The van der Waals surface area contributed by atoms with Crippen LogP contribution in [0.2, 0.25) is 0 Å². The third kappa shape index (κ3) is 4.84. The molecule has 36 heavy (non-hydrogen) atoms. The fourth-order valence-electron chi connectivity index (χ4n) is 6.20. The van der Waals surface area contributed by atoms with Gasteiger partial charge in [0.05, 0.1) is 18.3 Å². The molecular weight excluding hydrogens is 456 g/mol. The predicted octanol–water partition coefficient (Wildman–Crippen LogP) is 5.34. The second-order valence-electron chi connectivity index (χ2n) is 10.2. The molecule has 5 rings (SSSR count). The molecule has 2 amide bonds. The lowest BCUT2D eigenvalue weighted by atomic mass is 9.87. The van der Waals surface area contributed by atoms with E-state index in [1.807, 2.05) is 54.6 Å². The minimum absolute atomic E-state index is 0.331. The Morgan fingerprint density at radius 1 is 0.861 bits per heavy atom. The zero-order chi connectivity index (χ0) is 25.1. The molecule has 190 valence electrons. The lowest BCUT2D eigenvalue weighted by Gasteiger charge is -2.34. The first kappa shape index (κ1) is 24.3. The van der Waals surface area contributed by atoms with E-state index in [0.29, 0.717) is 37.5 Å². The number of carboxylic acid groups (broad SMARTS) is 1. The number of rotatable bonds is 6. The van der Waals surface area contributed by atoms with Crippen LogP contribution in [0, 0.1) is 5.92 Å². The van der Waals surface area contributed by atoms with Crippen molar-refractivity contribution in [2.45, 2.75) is 75.9 Å². The highest BCUT2D eigenvalue weighted by Gasteiger charge is 2.48. The quantitative estimate of drug-likeness (QED) is 0.591. The Morgan fingerprint density at radius 2 is 1.58 bits per heavy atom. The number of anilines is 1. The number of benzene rings is 2. The molecule has 0 spiro atoms. The standard InChI is InChI=1S/C29H34N2O5/c32-27(30-24(15-16-25(30)28(33)34)21-11-5-2-6-12-21)26-19-22-13-7-8-14-23(22)31(26)29(35)36-18-17-20-9-3-1-4-10-20/h2,5-8,11-14,20,24-26H,1,3-4,9-10,15-19H2,(H,33,34)/t24-,25+,26+/m0/s1. The van der Waals surface area contributed by atoms with Gasteiger partial charge in [0, 0.05) is 6.42 Å². The number of hydrogen-bond acceptors (Lipinski definition) is 4. The van der Waals surface area contributed by atoms with Crippen molar-refractivity contribution in [1.29, 1.82) is 0 Å². The Hall–Kier alpha value is -3.35. The average Bonchev–Trinajstić information content (AvgIpc) is 3.52. The molecule has 7 heteroatoms. The van der Waals surface area contributed by atoms with Gasteiger partial charge in [-0.2, -0.15) is 0 Å². The molecule has 1 saturated heterocycles. The van der Waals surface area contributed by atoms with E-state index < -0.39 is 24.1 Å². The number of carboxylic acids is 1. The first-order valence-electron chi connectivity index (χ1n) is 13.2. The molecule has 2 heterocycles. The van der Waals surface area contributed by atoms with Crippen LogP contribution in [-0.4, -0.2) is 46.7 Å². The SMILES string of the molecule is O=C(O)[C@H]1CC[C@@H](c2ccccc2)N1C(=O)[C@H]1Cc2ccccc2N1C(=O)OCCC1CCCCC1. The summed E-state index contributed by atoms with van der Waals surface area (Å²) in [7, 11) is 0. The van der Waals surface area contributed by atoms with Crippen molar-refractivity contribution < 1.29 is 24.2 Å². The van der Waals surface area contributed by atoms with Crippen LogP contribution in [0.25, 0.3) is 0 Å². The maximum Gasteiger partial charge on any atom is 0.415 e. The Labute approximate surface area is 212 Å². The van der Waals surface area contributed by atoms with Crippen molar-refractivity contribution in [1.82, 2.24) is 4.90 Å². The zero-order valence-electron chi connectivity index (χ0n) is 20.6. The topological polar surface area (TPSA) is 87.2 Å².